The van der Waals surface area contributed by atoms with Gasteiger partial charge in [0.05, 0.1) is 17.3 Å². The fourth-order valence-electron chi connectivity index (χ4n) is 5.74. The maximum absolute atomic E-state index is 12.7. The van der Waals surface area contributed by atoms with Crippen LogP contribution in [0.2, 0.25) is 0 Å². The predicted octanol–water partition coefficient (Wildman–Crippen LogP) is 4.37. The first kappa shape index (κ1) is 19.7. The number of epoxide rings is 1. The number of hydrogen-bond donors (Lipinski definition) is 1. The topological polar surface area (TPSA) is 59.1 Å². The summed E-state index contributed by atoms with van der Waals surface area (Å²) in [6.07, 6.45) is 6.41. The summed E-state index contributed by atoms with van der Waals surface area (Å²) in [4.78, 5) is 12.7. The third-order valence-electron chi connectivity index (χ3n) is 7.53. The molecular weight excluding hydrogens is 352 g/mol. The summed E-state index contributed by atoms with van der Waals surface area (Å²) in [7, 11) is 0. The van der Waals surface area contributed by atoms with E-state index in [4.69, 9.17) is 9.47 Å². The van der Waals surface area contributed by atoms with Crippen LogP contribution in [0.5, 0.6) is 0 Å². The third-order valence-corrected chi connectivity index (χ3v) is 7.53. The van der Waals surface area contributed by atoms with Crippen molar-refractivity contribution >= 4 is 12.0 Å². The van der Waals surface area contributed by atoms with Crippen LogP contribution in [0.15, 0.2) is 36.4 Å². The van der Waals surface area contributed by atoms with Gasteiger partial charge in [-0.2, -0.15) is 0 Å². The van der Waals surface area contributed by atoms with Crippen molar-refractivity contribution in [2.75, 3.05) is 0 Å². The molecule has 6 atom stereocenters. The molecule has 4 heteroatoms. The van der Waals surface area contributed by atoms with E-state index in [2.05, 4.69) is 27.7 Å². The molecule has 4 nitrogen and oxygen atoms in total. The van der Waals surface area contributed by atoms with Gasteiger partial charge in [-0.15, -0.1) is 0 Å². The number of fused-ring (bicyclic) bond motifs is 2. The zero-order valence-corrected chi connectivity index (χ0v) is 17.4. The molecule has 1 N–H and O–H groups in total. The quantitative estimate of drug-likeness (QED) is 0.476. The van der Waals surface area contributed by atoms with Gasteiger partial charge in [-0.05, 0) is 49.2 Å². The number of hydrogen-bond acceptors (Lipinski definition) is 4. The van der Waals surface area contributed by atoms with Crippen LogP contribution in [0, 0.1) is 17.3 Å². The minimum atomic E-state index is -0.810. The van der Waals surface area contributed by atoms with Crippen molar-refractivity contribution in [1.82, 2.24) is 0 Å². The summed E-state index contributed by atoms with van der Waals surface area (Å²) in [6.45, 7) is 8.50. The number of carbonyl (C=O) groups is 1. The van der Waals surface area contributed by atoms with E-state index >= 15 is 0 Å². The fourth-order valence-corrected chi connectivity index (χ4v) is 5.74. The number of aliphatic hydroxyl groups is 1. The van der Waals surface area contributed by atoms with E-state index in [-0.39, 0.29) is 41.0 Å². The molecule has 0 radical (unpaired) electrons. The van der Waals surface area contributed by atoms with Crippen molar-refractivity contribution in [3.8, 4) is 0 Å². The van der Waals surface area contributed by atoms with E-state index < -0.39 is 5.60 Å². The molecule has 0 amide bonds. The first-order chi connectivity index (χ1) is 13.2. The lowest BCUT2D eigenvalue weighted by atomic mass is 9.67. The second-order valence-electron chi connectivity index (χ2n) is 9.82. The predicted molar refractivity (Wildman–Crippen MR) is 108 cm³/mol. The molecule has 0 spiro atoms. The van der Waals surface area contributed by atoms with Gasteiger partial charge in [0.1, 0.15) is 6.10 Å². The highest BCUT2D eigenvalue weighted by molar-refractivity contribution is 5.87. The minimum absolute atomic E-state index is 0.0673. The van der Waals surface area contributed by atoms with Crippen LogP contribution < -0.4 is 0 Å². The molecular formula is C24H32O4. The number of rotatable bonds is 4. The van der Waals surface area contributed by atoms with Gasteiger partial charge in [-0.25, -0.2) is 4.79 Å². The Hall–Kier alpha value is -1.65. The van der Waals surface area contributed by atoms with Crippen molar-refractivity contribution in [3.63, 3.8) is 0 Å². The molecule has 4 rings (SSSR count). The van der Waals surface area contributed by atoms with Gasteiger partial charge in [-0.3, -0.25) is 0 Å². The average Bonchev–Trinajstić information content (AvgIpc) is 3.18. The second kappa shape index (κ2) is 6.70. The summed E-state index contributed by atoms with van der Waals surface area (Å²) >= 11 is 0. The maximum atomic E-state index is 12.7. The van der Waals surface area contributed by atoms with Gasteiger partial charge in [-0.1, -0.05) is 51.1 Å². The number of ether oxygens (including phenoxy) is 2. The third kappa shape index (κ3) is 3.31. The Morgan fingerprint density at radius 1 is 1.21 bits per heavy atom. The Morgan fingerprint density at radius 2 is 1.93 bits per heavy atom. The molecule has 1 heterocycles. The van der Waals surface area contributed by atoms with E-state index in [9.17, 15) is 9.90 Å². The summed E-state index contributed by atoms with van der Waals surface area (Å²) in [6, 6.07) is 9.72. The van der Waals surface area contributed by atoms with Crippen LogP contribution in [0.25, 0.3) is 6.08 Å². The van der Waals surface area contributed by atoms with E-state index in [0.29, 0.717) is 6.42 Å². The molecule has 3 fully saturated rings. The van der Waals surface area contributed by atoms with Crippen LogP contribution in [-0.2, 0) is 14.3 Å². The lowest BCUT2D eigenvalue weighted by Crippen LogP contribution is -2.50. The molecule has 28 heavy (non-hydrogen) atoms. The van der Waals surface area contributed by atoms with Crippen LogP contribution in [0.4, 0.5) is 0 Å². The molecule has 0 unspecified atom stereocenters. The van der Waals surface area contributed by atoms with E-state index in [0.717, 1.165) is 24.8 Å². The molecule has 152 valence electrons. The number of benzene rings is 1. The molecule has 2 saturated carbocycles. The Labute approximate surface area is 167 Å². The largest absolute Gasteiger partial charge is 0.459 e. The van der Waals surface area contributed by atoms with Gasteiger partial charge in [0.15, 0.2) is 0 Å². The van der Waals surface area contributed by atoms with Crippen LogP contribution in [0.3, 0.4) is 0 Å². The molecule has 1 saturated heterocycles. The van der Waals surface area contributed by atoms with Crippen molar-refractivity contribution in [1.29, 1.82) is 0 Å². The van der Waals surface area contributed by atoms with Crippen LogP contribution in [-0.4, -0.2) is 34.5 Å². The summed E-state index contributed by atoms with van der Waals surface area (Å²) in [5.74, 6) is -0.303. The monoisotopic (exact) mass is 384 g/mol. The van der Waals surface area contributed by atoms with Crippen molar-refractivity contribution in [2.45, 2.75) is 76.8 Å². The molecule has 1 aliphatic heterocycles. The van der Waals surface area contributed by atoms with Gasteiger partial charge in [0, 0.05) is 18.4 Å². The zero-order chi connectivity index (χ0) is 20.2. The fraction of sp³-hybridized carbons (Fsp3) is 0.625. The first-order valence-electron chi connectivity index (χ1n) is 10.5. The maximum Gasteiger partial charge on any atom is 0.331 e. The standard InChI is InChI=1S/C24H32O4/c1-16(2)24(26)13-12-22(3)15-19-23(4,28-19)14-18(21(22)24)27-20(25)11-10-17-8-6-5-7-9-17/h5-11,16,18-19,21,26H,12-15H2,1-4H3/t18-,19-,21+,22+,23+,24+/m0/s1. The van der Waals surface area contributed by atoms with E-state index in [1.54, 1.807) is 6.08 Å². The Kier molecular flexibility index (Phi) is 4.71. The van der Waals surface area contributed by atoms with Crippen LogP contribution in [0.1, 0.15) is 58.9 Å². The minimum Gasteiger partial charge on any atom is -0.459 e. The Bertz CT molecular complexity index is 772. The molecule has 0 bridgehead atoms. The highest BCUT2D eigenvalue weighted by Gasteiger charge is 2.68. The zero-order valence-electron chi connectivity index (χ0n) is 17.4. The lowest BCUT2D eigenvalue weighted by Gasteiger charge is -2.44. The SMILES string of the molecule is CC(C)[C@]1(O)CC[C@]2(C)C[C@@H]3O[C@]3(C)C[C@H](OC(=O)C=Cc3ccccc3)[C@H]21. The number of esters is 1. The highest BCUT2D eigenvalue weighted by Crippen LogP contribution is 2.63. The van der Waals surface area contributed by atoms with Gasteiger partial charge in [0.2, 0.25) is 0 Å². The Morgan fingerprint density at radius 3 is 2.61 bits per heavy atom. The first-order valence-corrected chi connectivity index (χ1v) is 10.5. The van der Waals surface area contributed by atoms with Gasteiger partial charge in [0.25, 0.3) is 0 Å². The summed E-state index contributed by atoms with van der Waals surface area (Å²) in [5, 5.41) is 11.6. The molecule has 1 aromatic rings. The van der Waals surface area contributed by atoms with Crippen molar-refractivity contribution in [3.05, 3.63) is 42.0 Å². The lowest BCUT2D eigenvalue weighted by molar-refractivity contribution is -0.163. The van der Waals surface area contributed by atoms with Crippen LogP contribution >= 0.6 is 0 Å². The van der Waals surface area contributed by atoms with E-state index in [1.165, 1.54) is 6.08 Å². The molecule has 1 aromatic carbocycles. The van der Waals surface area contributed by atoms with Crippen molar-refractivity contribution < 1.29 is 19.4 Å². The summed E-state index contributed by atoms with van der Waals surface area (Å²) in [5.41, 5.74) is -0.163. The second-order valence-corrected chi connectivity index (χ2v) is 9.82. The normalized spacial score (nSPS) is 42.1. The Balaban J connectivity index is 1.59. The van der Waals surface area contributed by atoms with Gasteiger partial charge < -0.3 is 14.6 Å². The number of carbonyl (C=O) groups excluding carboxylic acids is 1. The molecule has 0 aromatic heterocycles. The van der Waals surface area contributed by atoms with Crippen molar-refractivity contribution in [2.24, 2.45) is 17.3 Å². The van der Waals surface area contributed by atoms with Gasteiger partial charge >= 0.3 is 5.97 Å². The average molecular weight is 385 g/mol. The summed E-state index contributed by atoms with van der Waals surface area (Å²) < 4.78 is 12.0. The molecule has 3 aliphatic rings. The highest BCUT2D eigenvalue weighted by atomic mass is 16.6. The molecule has 2 aliphatic carbocycles. The van der Waals surface area contributed by atoms with E-state index in [1.807, 2.05) is 30.3 Å². The smallest absolute Gasteiger partial charge is 0.331 e.